The lowest BCUT2D eigenvalue weighted by Gasteiger charge is -2.08. The van der Waals surface area contributed by atoms with Gasteiger partial charge < -0.3 is 9.72 Å². The highest BCUT2D eigenvalue weighted by Gasteiger charge is 2.09. The molecular formula is C18H17N5S. The summed E-state index contributed by atoms with van der Waals surface area (Å²) in [5, 5.41) is 5.14. The summed E-state index contributed by atoms with van der Waals surface area (Å²) < 4.78 is 2.03. The number of pyridine rings is 1. The first-order chi connectivity index (χ1) is 11.8. The number of nitrogens with one attached hydrogen (secondary N) is 1. The summed E-state index contributed by atoms with van der Waals surface area (Å²) in [4.78, 5) is 13.9. The summed E-state index contributed by atoms with van der Waals surface area (Å²) in [6.07, 6.45) is 4.06. The maximum absolute atomic E-state index is 4.67. The number of rotatable bonds is 5. The van der Waals surface area contributed by atoms with Crippen LogP contribution in [0.15, 0.2) is 60.0 Å². The van der Waals surface area contributed by atoms with Crippen molar-refractivity contribution in [1.82, 2.24) is 19.4 Å². The van der Waals surface area contributed by atoms with E-state index in [0.717, 1.165) is 45.5 Å². The summed E-state index contributed by atoms with van der Waals surface area (Å²) in [6, 6.07) is 14.1. The second kappa shape index (κ2) is 6.49. The van der Waals surface area contributed by atoms with E-state index in [1.54, 1.807) is 11.8 Å². The first kappa shape index (κ1) is 15.0. The monoisotopic (exact) mass is 335 g/mol. The van der Waals surface area contributed by atoms with Gasteiger partial charge in [0.1, 0.15) is 11.5 Å². The first-order valence-electron chi connectivity index (χ1n) is 7.89. The Morgan fingerprint density at radius 2 is 1.92 bits per heavy atom. The molecule has 0 atom stereocenters. The summed E-state index contributed by atoms with van der Waals surface area (Å²) >= 11 is 1.61. The molecule has 0 aliphatic rings. The Balaban J connectivity index is 1.61. The Hall–Kier alpha value is -2.60. The van der Waals surface area contributed by atoms with Crippen molar-refractivity contribution in [2.24, 2.45) is 0 Å². The largest absolute Gasteiger partial charge is 0.370 e. The maximum Gasteiger partial charge on any atom is 0.190 e. The standard InChI is InChI=1S/C18H17N5S/c1-2-19-17-14-7-3-4-8-15(14)21-18(22-17)24-12-13-11-23-10-6-5-9-16(23)20-13/h3-11H,2,12H2,1H3,(H,19,21,22). The molecule has 0 amide bonds. The summed E-state index contributed by atoms with van der Waals surface area (Å²) in [5.74, 6) is 1.63. The molecule has 6 heteroatoms. The highest BCUT2D eigenvalue weighted by Crippen LogP contribution is 2.26. The molecule has 1 aromatic carbocycles. The number of thioether (sulfide) groups is 1. The van der Waals surface area contributed by atoms with E-state index in [9.17, 15) is 0 Å². The van der Waals surface area contributed by atoms with Crippen LogP contribution in [0.4, 0.5) is 5.82 Å². The Morgan fingerprint density at radius 3 is 2.79 bits per heavy atom. The van der Waals surface area contributed by atoms with Crippen LogP contribution in [0.1, 0.15) is 12.6 Å². The zero-order chi connectivity index (χ0) is 16.4. The summed E-state index contributed by atoms with van der Waals surface area (Å²) in [7, 11) is 0. The third-order valence-corrected chi connectivity index (χ3v) is 4.57. The highest BCUT2D eigenvalue weighted by molar-refractivity contribution is 7.98. The van der Waals surface area contributed by atoms with Crippen molar-refractivity contribution >= 4 is 34.1 Å². The van der Waals surface area contributed by atoms with Gasteiger partial charge >= 0.3 is 0 Å². The predicted octanol–water partition coefficient (Wildman–Crippen LogP) is 4.00. The second-order valence-corrected chi connectivity index (χ2v) is 6.33. The number of nitrogens with zero attached hydrogens (tertiary/aromatic N) is 4. The van der Waals surface area contributed by atoms with Crippen LogP contribution in [-0.2, 0) is 5.75 Å². The molecule has 4 rings (SSSR count). The molecule has 5 nitrogen and oxygen atoms in total. The van der Waals surface area contributed by atoms with Crippen LogP contribution in [0.3, 0.4) is 0 Å². The number of anilines is 1. The molecule has 0 aliphatic carbocycles. The highest BCUT2D eigenvalue weighted by atomic mass is 32.2. The van der Waals surface area contributed by atoms with Gasteiger partial charge in [0.05, 0.1) is 11.2 Å². The topological polar surface area (TPSA) is 55.1 Å². The van der Waals surface area contributed by atoms with Crippen LogP contribution in [0.5, 0.6) is 0 Å². The fourth-order valence-corrected chi connectivity index (χ4v) is 3.35. The fourth-order valence-electron chi connectivity index (χ4n) is 2.62. The molecule has 3 heterocycles. The number of aromatic nitrogens is 4. The van der Waals surface area contributed by atoms with Gasteiger partial charge in [-0.1, -0.05) is 30.0 Å². The molecule has 0 unspecified atom stereocenters. The molecule has 0 radical (unpaired) electrons. The molecule has 0 fully saturated rings. The SMILES string of the molecule is CCNc1nc(SCc2cn3ccccc3n2)nc2ccccc12. The van der Waals surface area contributed by atoms with Crippen molar-refractivity contribution < 1.29 is 0 Å². The zero-order valence-electron chi connectivity index (χ0n) is 13.3. The normalized spacial score (nSPS) is 11.2. The number of benzene rings is 1. The van der Waals surface area contributed by atoms with Gasteiger partial charge in [0.2, 0.25) is 0 Å². The van der Waals surface area contributed by atoms with Crippen LogP contribution in [0.2, 0.25) is 0 Å². The Bertz CT molecular complexity index is 962. The molecule has 0 saturated carbocycles. The van der Waals surface area contributed by atoms with E-state index in [2.05, 4.69) is 33.4 Å². The molecular weight excluding hydrogens is 318 g/mol. The van der Waals surface area contributed by atoms with E-state index in [1.807, 2.05) is 53.1 Å². The average Bonchev–Trinajstić information content (AvgIpc) is 3.03. The molecule has 24 heavy (non-hydrogen) atoms. The van der Waals surface area contributed by atoms with Gasteiger partial charge in [0.25, 0.3) is 0 Å². The van der Waals surface area contributed by atoms with Crippen molar-refractivity contribution in [3.8, 4) is 0 Å². The second-order valence-electron chi connectivity index (χ2n) is 5.39. The minimum absolute atomic E-state index is 0.742. The molecule has 120 valence electrons. The van der Waals surface area contributed by atoms with E-state index in [-0.39, 0.29) is 0 Å². The van der Waals surface area contributed by atoms with Gasteiger partial charge in [-0.25, -0.2) is 15.0 Å². The van der Waals surface area contributed by atoms with Crippen LogP contribution in [0.25, 0.3) is 16.6 Å². The van der Waals surface area contributed by atoms with E-state index in [0.29, 0.717) is 0 Å². The Morgan fingerprint density at radius 1 is 1.04 bits per heavy atom. The van der Waals surface area contributed by atoms with Crippen molar-refractivity contribution in [2.75, 3.05) is 11.9 Å². The van der Waals surface area contributed by atoms with Crippen LogP contribution in [-0.4, -0.2) is 25.9 Å². The maximum atomic E-state index is 4.67. The van der Waals surface area contributed by atoms with Crippen LogP contribution in [0, 0.1) is 0 Å². The molecule has 0 spiro atoms. The predicted molar refractivity (Wildman–Crippen MR) is 98.5 cm³/mol. The van der Waals surface area contributed by atoms with Crippen LogP contribution >= 0.6 is 11.8 Å². The first-order valence-corrected chi connectivity index (χ1v) is 8.88. The van der Waals surface area contributed by atoms with Crippen molar-refractivity contribution in [3.05, 3.63) is 60.6 Å². The molecule has 4 aromatic rings. The number of imidazole rings is 1. The van der Waals surface area contributed by atoms with Gasteiger partial charge in [-0.2, -0.15) is 0 Å². The van der Waals surface area contributed by atoms with Crippen molar-refractivity contribution in [1.29, 1.82) is 0 Å². The van der Waals surface area contributed by atoms with Crippen molar-refractivity contribution in [2.45, 2.75) is 17.8 Å². The van der Waals surface area contributed by atoms with Gasteiger partial charge in [-0.05, 0) is 31.2 Å². The Labute approximate surface area is 144 Å². The van der Waals surface area contributed by atoms with E-state index in [1.165, 1.54) is 0 Å². The number of fused-ring (bicyclic) bond motifs is 2. The van der Waals surface area contributed by atoms with Crippen LogP contribution < -0.4 is 5.32 Å². The van der Waals surface area contributed by atoms with Gasteiger partial charge in [0.15, 0.2) is 5.16 Å². The molecule has 1 N–H and O–H groups in total. The smallest absolute Gasteiger partial charge is 0.190 e. The molecule has 0 bridgehead atoms. The van der Waals surface area contributed by atoms with E-state index in [4.69, 9.17) is 0 Å². The van der Waals surface area contributed by atoms with Crippen molar-refractivity contribution in [3.63, 3.8) is 0 Å². The average molecular weight is 335 g/mol. The number of para-hydroxylation sites is 1. The molecule has 0 aliphatic heterocycles. The molecule has 0 saturated heterocycles. The summed E-state index contributed by atoms with van der Waals surface area (Å²) in [6.45, 7) is 2.90. The summed E-state index contributed by atoms with van der Waals surface area (Å²) in [5.41, 5.74) is 2.94. The lowest BCUT2D eigenvalue weighted by Crippen LogP contribution is -2.02. The number of hydrogen-bond acceptors (Lipinski definition) is 5. The fraction of sp³-hybridized carbons (Fsp3) is 0.167. The quantitative estimate of drug-likeness (QED) is 0.441. The third kappa shape index (κ3) is 2.92. The lowest BCUT2D eigenvalue weighted by atomic mass is 10.2. The number of hydrogen-bond donors (Lipinski definition) is 1. The third-order valence-electron chi connectivity index (χ3n) is 3.69. The van der Waals surface area contributed by atoms with Gasteiger partial charge in [-0.3, -0.25) is 0 Å². The zero-order valence-corrected chi connectivity index (χ0v) is 14.1. The minimum Gasteiger partial charge on any atom is -0.370 e. The van der Waals surface area contributed by atoms with Gasteiger partial charge in [-0.15, -0.1) is 0 Å². The van der Waals surface area contributed by atoms with E-state index < -0.39 is 0 Å². The van der Waals surface area contributed by atoms with E-state index >= 15 is 0 Å². The minimum atomic E-state index is 0.742. The molecule has 3 aromatic heterocycles. The van der Waals surface area contributed by atoms with Gasteiger partial charge in [0, 0.05) is 30.1 Å². The Kier molecular flexibility index (Phi) is 4.04. The lowest BCUT2D eigenvalue weighted by molar-refractivity contribution is 0.990.